The summed E-state index contributed by atoms with van der Waals surface area (Å²) in [7, 11) is 2.05. The SMILES string of the molecule is CCNC(Cc1ccccc1Br)Cc1nccn1C. The third-order valence-electron chi connectivity index (χ3n) is 3.27. The molecule has 4 heteroatoms. The molecule has 2 aromatic rings. The van der Waals surface area contributed by atoms with Gasteiger partial charge >= 0.3 is 0 Å². The second-order valence-electron chi connectivity index (χ2n) is 4.71. The van der Waals surface area contributed by atoms with Crippen LogP contribution in [0, 0.1) is 0 Å². The van der Waals surface area contributed by atoms with Crippen molar-refractivity contribution in [1.29, 1.82) is 0 Å². The third kappa shape index (κ3) is 3.91. The van der Waals surface area contributed by atoms with Gasteiger partial charge in [0.2, 0.25) is 0 Å². The van der Waals surface area contributed by atoms with Crippen molar-refractivity contribution in [2.45, 2.75) is 25.8 Å². The number of likely N-dealkylation sites (N-methyl/N-ethyl adjacent to an activating group) is 1. The summed E-state index contributed by atoms with van der Waals surface area (Å²) in [5.41, 5.74) is 1.34. The minimum absolute atomic E-state index is 0.407. The Morgan fingerprint density at radius 1 is 1.32 bits per heavy atom. The number of rotatable bonds is 6. The molecule has 1 N–H and O–H groups in total. The molecule has 3 nitrogen and oxygen atoms in total. The lowest BCUT2D eigenvalue weighted by atomic mass is 10.0. The first-order valence-electron chi connectivity index (χ1n) is 6.63. The van der Waals surface area contributed by atoms with E-state index in [9.17, 15) is 0 Å². The smallest absolute Gasteiger partial charge is 0.109 e. The van der Waals surface area contributed by atoms with Crippen molar-refractivity contribution >= 4 is 15.9 Å². The minimum Gasteiger partial charge on any atom is -0.338 e. The Bertz CT molecular complexity index is 522. The van der Waals surface area contributed by atoms with Crippen LogP contribution in [0.15, 0.2) is 41.1 Å². The number of nitrogens with one attached hydrogen (secondary N) is 1. The third-order valence-corrected chi connectivity index (χ3v) is 4.04. The van der Waals surface area contributed by atoms with Gasteiger partial charge in [0.25, 0.3) is 0 Å². The molecule has 0 fully saturated rings. The summed E-state index contributed by atoms with van der Waals surface area (Å²) in [5, 5.41) is 3.55. The summed E-state index contributed by atoms with van der Waals surface area (Å²) in [6, 6.07) is 8.81. The summed E-state index contributed by atoms with van der Waals surface area (Å²) >= 11 is 3.62. The minimum atomic E-state index is 0.407. The molecular weight excluding hydrogens is 302 g/mol. The predicted molar refractivity (Wildman–Crippen MR) is 82.2 cm³/mol. The average Bonchev–Trinajstić information content (AvgIpc) is 2.78. The van der Waals surface area contributed by atoms with E-state index in [4.69, 9.17) is 0 Å². The maximum absolute atomic E-state index is 4.41. The molecule has 0 radical (unpaired) electrons. The maximum Gasteiger partial charge on any atom is 0.109 e. The van der Waals surface area contributed by atoms with Crippen molar-refractivity contribution in [2.24, 2.45) is 7.05 Å². The first kappa shape index (κ1) is 14.3. The lowest BCUT2D eigenvalue weighted by molar-refractivity contribution is 0.503. The summed E-state index contributed by atoms with van der Waals surface area (Å²) in [6.45, 7) is 3.12. The second-order valence-corrected chi connectivity index (χ2v) is 5.56. The molecule has 1 aromatic carbocycles. The van der Waals surface area contributed by atoms with Crippen molar-refractivity contribution in [3.05, 3.63) is 52.5 Å². The van der Waals surface area contributed by atoms with Gasteiger partial charge in [0.05, 0.1) is 0 Å². The second kappa shape index (κ2) is 6.87. The van der Waals surface area contributed by atoms with Crippen LogP contribution < -0.4 is 5.32 Å². The van der Waals surface area contributed by atoms with Crippen molar-refractivity contribution in [3.63, 3.8) is 0 Å². The first-order chi connectivity index (χ1) is 9.20. The van der Waals surface area contributed by atoms with Crippen LogP contribution in [0.25, 0.3) is 0 Å². The number of benzene rings is 1. The van der Waals surface area contributed by atoms with Crippen LogP contribution in [0.1, 0.15) is 18.3 Å². The molecule has 2 rings (SSSR count). The number of hydrogen-bond donors (Lipinski definition) is 1. The lowest BCUT2D eigenvalue weighted by Crippen LogP contribution is -2.34. The van der Waals surface area contributed by atoms with Crippen molar-refractivity contribution in [1.82, 2.24) is 14.9 Å². The number of hydrogen-bond acceptors (Lipinski definition) is 2. The molecule has 0 aliphatic rings. The van der Waals surface area contributed by atoms with Crippen LogP contribution in [-0.2, 0) is 19.9 Å². The standard InChI is InChI=1S/C15H20BrN3/c1-3-17-13(11-15-18-8-9-19(15)2)10-12-6-4-5-7-14(12)16/h4-9,13,17H,3,10-11H2,1-2H3. The van der Waals surface area contributed by atoms with E-state index in [0.29, 0.717) is 6.04 Å². The van der Waals surface area contributed by atoms with E-state index in [1.807, 2.05) is 19.4 Å². The lowest BCUT2D eigenvalue weighted by Gasteiger charge is -2.18. The molecule has 1 unspecified atom stereocenters. The van der Waals surface area contributed by atoms with Crippen molar-refractivity contribution in [2.75, 3.05) is 6.54 Å². The van der Waals surface area contributed by atoms with Crippen LogP contribution in [0.2, 0.25) is 0 Å². The number of aromatic nitrogens is 2. The van der Waals surface area contributed by atoms with Crippen LogP contribution in [0.4, 0.5) is 0 Å². The molecule has 0 amide bonds. The van der Waals surface area contributed by atoms with Crippen LogP contribution in [0.3, 0.4) is 0 Å². The fourth-order valence-corrected chi connectivity index (χ4v) is 2.69. The Morgan fingerprint density at radius 3 is 2.74 bits per heavy atom. The zero-order chi connectivity index (χ0) is 13.7. The van der Waals surface area contributed by atoms with E-state index in [1.165, 1.54) is 10.0 Å². The van der Waals surface area contributed by atoms with Crippen molar-refractivity contribution in [3.8, 4) is 0 Å². The molecule has 0 aliphatic heterocycles. The van der Waals surface area contributed by atoms with Crippen LogP contribution >= 0.6 is 15.9 Å². The Labute approximate surface area is 123 Å². The average molecular weight is 322 g/mol. The number of imidazole rings is 1. The monoisotopic (exact) mass is 321 g/mol. The van der Waals surface area contributed by atoms with Gasteiger partial charge in [-0.15, -0.1) is 0 Å². The van der Waals surface area contributed by atoms with Gasteiger partial charge in [-0.2, -0.15) is 0 Å². The van der Waals surface area contributed by atoms with Crippen molar-refractivity contribution < 1.29 is 0 Å². The summed E-state index contributed by atoms with van der Waals surface area (Å²) in [6.07, 6.45) is 5.80. The normalized spacial score (nSPS) is 12.6. The highest BCUT2D eigenvalue weighted by atomic mass is 79.9. The quantitative estimate of drug-likeness (QED) is 0.886. The van der Waals surface area contributed by atoms with E-state index in [0.717, 1.165) is 25.2 Å². The topological polar surface area (TPSA) is 29.9 Å². The molecule has 0 bridgehead atoms. The number of halogens is 1. The molecule has 102 valence electrons. The summed E-state index contributed by atoms with van der Waals surface area (Å²) in [4.78, 5) is 4.41. The zero-order valence-corrected chi connectivity index (χ0v) is 13.0. The molecule has 1 aromatic heterocycles. The molecule has 19 heavy (non-hydrogen) atoms. The Morgan fingerprint density at radius 2 is 2.11 bits per heavy atom. The van der Waals surface area contributed by atoms with E-state index in [2.05, 4.69) is 62.0 Å². The molecule has 0 saturated heterocycles. The molecular formula is C15H20BrN3. The largest absolute Gasteiger partial charge is 0.338 e. The van der Waals surface area contributed by atoms with E-state index in [1.54, 1.807) is 0 Å². The maximum atomic E-state index is 4.41. The molecule has 0 spiro atoms. The molecule has 1 heterocycles. The van der Waals surface area contributed by atoms with E-state index < -0.39 is 0 Å². The highest BCUT2D eigenvalue weighted by Crippen LogP contribution is 2.18. The number of aryl methyl sites for hydroxylation is 1. The fraction of sp³-hybridized carbons (Fsp3) is 0.400. The zero-order valence-electron chi connectivity index (χ0n) is 11.4. The molecule has 0 aliphatic carbocycles. The first-order valence-corrected chi connectivity index (χ1v) is 7.43. The Kier molecular flexibility index (Phi) is 5.16. The van der Waals surface area contributed by atoms with Gasteiger partial charge < -0.3 is 9.88 Å². The number of nitrogens with zero attached hydrogens (tertiary/aromatic N) is 2. The van der Waals surface area contributed by atoms with E-state index >= 15 is 0 Å². The highest BCUT2D eigenvalue weighted by Gasteiger charge is 2.13. The molecule has 1 atom stereocenters. The van der Waals surface area contributed by atoms with E-state index in [-0.39, 0.29) is 0 Å². The van der Waals surface area contributed by atoms with Gasteiger partial charge in [-0.3, -0.25) is 0 Å². The molecule has 0 saturated carbocycles. The summed E-state index contributed by atoms with van der Waals surface area (Å²) < 4.78 is 3.27. The van der Waals surface area contributed by atoms with Gasteiger partial charge in [-0.05, 0) is 24.6 Å². The fourth-order valence-electron chi connectivity index (χ4n) is 2.25. The summed E-state index contributed by atoms with van der Waals surface area (Å²) in [5.74, 6) is 1.12. The van der Waals surface area contributed by atoms with Crippen LogP contribution in [0.5, 0.6) is 0 Å². The van der Waals surface area contributed by atoms with Gasteiger partial charge in [0.15, 0.2) is 0 Å². The van der Waals surface area contributed by atoms with Gasteiger partial charge in [-0.1, -0.05) is 41.1 Å². The highest BCUT2D eigenvalue weighted by molar-refractivity contribution is 9.10. The van der Waals surface area contributed by atoms with Gasteiger partial charge in [0.1, 0.15) is 5.82 Å². The Balaban J connectivity index is 2.08. The predicted octanol–water partition coefficient (Wildman–Crippen LogP) is 2.95. The van der Waals surface area contributed by atoms with Gasteiger partial charge in [-0.25, -0.2) is 4.98 Å². The Hall–Kier alpha value is -1.13. The van der Waals surface area contributed by atoms with Crippen LogP contribution in [-0.4, -0.2) is 22.1 Å². The van der Waals surface area contributed by atoms with Gasteiger partial charge in [0, 0.05) is 36.4 Å².